The quantitative estimate of drug-likeness (QED) is 0.817. The lowest BCUT2D eigenvalue weighted by atomic mass is 10.2. The van der Waals surface area contributed by atoms with Gasteiger partial charge in [0.1, 0.15) is 5.69 Å². The number of hydrogen-bond donors (Lipinski definition) is 0. The van der Waals surface area contributed by atoms with Crippen molar-refractivity contribution in [2.24, 2.45) is 0 Å². The van der Waals surface area contributed by atoms with Gasteiger partial charge in [0.05, 0.1) is 0 Å². The monoisotopic (exact) mass is 307 g/mol. The first-order valence-corrected chi connectivity index (χ1v) is 7.18. The van der Waals surface area contributed by atoms with Gasteiger partial charge in [0, 0.05) is 31.2 Å². The summed E-state index contributed by atoms with van der Waals surface area (Å²) < 4.78 is 27.1. The minimum absolute atomic E-state index is 0.0184. The molecule has 0 aliphatic carbocycles. The predicted molar refractivity (Wildman–Crippen MR) is 79.7 cm³/mol. The molecule has 2 aromatic rings. The molecule has 0 spiro atoms. The van der Waals surface area contributed by atoms with Crippen molar-refractivity contribution in [2.45, 2.75) is 33.4 Å². The lowest BCUT2D eigenvalue weighted by Gasteiger charge is -2.23. The number of rotatable bonds is 6. The Kier molecular flexibility index (Phi) is 5.25. The van der Waals surface area contributed by atoms with E-state index in [1.54, 1.807) is 30.3 Å². The third kappa shape index (κ3) is 3.50. The summed E-state index contributed by atoms with van der Waals surface area (Å²) in [6, 6.07) is 6.64. The van der Waals surface area contributed by atoms with Crippen molar-refractivity contribution >= 4 is 5.91 Å². The van der Waals surface area contributed by atoms with Crippen LogP contribution >= 0.6 is 0 Å². The minimum Gasteiger partial charge on any atom is -0.333 e. The molecule has 0 atom stereocenters. The summed E-state index contributed by atoms with van der Waals surface area (Å²) >= 11 is 0. The number of hydrogen-bond acceptors (Lipinski definition) is 2. The molecule has 1 amide bonds. The zero-order valence-corrected chi connectivity index (χ0v) is 12.7. The molecule has 0 radical (unpaired) electrons. The van der Waals surface area contributed by atoms with Crippen LogP contribution in [0.25, 0.3) is 0 Å². The van der Waals surface area contributed by atoms with Gasteiger partial charge in [0.2, 0.25) is 0 Å². The third-order valence-corrected chi connectivity index (χ3v) is 3.41. The third-order valence-electron chi connectivity index (χ3n) is 3.41. The van der Waals surface area contributed by atoms with Crippen LogP contribution in [0.1, 0.15) is 41.6 Å². The summed E-state index contributed by atoms with van der Waals surface area (Å²) in [7, 11) is 0. The lowest BCUT2D eigenvalue weighted by Crippen LogP contribution is -2.33. The highest BCUT2D eigenvalue weighted by molar-refractivity contribution is 5.93. The number of amides is 1. The smallest absolute Gasteiger partial charge is 0.319 e. The number of aromatic nitrogens is 2. The van der Waals surface area contributed by atoms with E-state index in [0.29, 0.717) is 18.8 Å². The Balaban J connectivity index is 2.27. The zero-order chi connectivity index (χ0) is 16.1. The molecule has 0 unspecified atom stereocenters. The van der Waals surface area contributed by atoms with Crippen molar-refractivity contribution in [2.75, 3.05) is 6.54 Å². The molecule has 2 rings (SSSR count). The first kappa shape index (κ1) is 16.1. The van der Waals surface area contributed by atoms with Gasteiger partial charge < -0.3 is 4.90 Å². The Morgan fingerprint density at radius 3 is 2.73 bits per heavy atom. The average Bonchev–Trinajstić information content (AvgIpc) is 2.89. The summed E-state index contributed by atoms with van der Waals surface area (Å²) in [5.74, 6) is -0.390. The Bertz CT molecular complexity index is 626. The Morgan fingerprint density at radius 2 is 2.14 bits per heavy atom. The van der Waals surface area contributed by atoms with Crippen LogP contribution in [-0.2, 0) is 6.54 Å². The zero-order valence-electron chi connectivity index (χ0n) is 12.7. The molecule has 0 aromatic carbocycles. The maximum atomic E-state index is 13.1. The van der Waals surface area contributed by atoms with Crippen molar-refractivity contribution < 1.29 is 13.6 Å². The number of carbonyl (C=O) groups excluding carboxylic acids is 1. The molecule has 0 aliphatic rings. The maximum absolute atomic E-state index is 13.1. The van der Waals surface area contributed by atoms with Crippen LogP contribution in [-0.4, -0.2) is 26.9 Å². The molecule has 22 heavy (non-hydrogen) atoms. The van der Waals surface area contributed by atoms with Crippen LogP contribution in [0.3, 0.4) is 0 Å². The van der Waals surface area contributed by atoms with E-state index >= 15 is 0 Å². The van der Waals surface area contributed by atoms with Crippen molar-refractivity contribution in [1.29, 1.82) is 0 Å². The predicted octanol–water partition coefficient (Wildman–Crippen LogP) is 3.64. The van der Waals surface area contributed by atoms with E-state index in [1.807, 2.05) is 13.0 Å². The largest absolute Gasteiger partial charge is 0.333 e. The number of aryl methyl sites for hydroxylation is 1. The van der Waals surface area contributed by atoms with Gasteiger partial charge in [-0.2, -0.15) is 8.78 Å². The van der Waals surface area contributed by atoms with Gasteiger partial charge in [-0.15, -0.1) is 0 Å². The Hall–Kier alpha value is -2.24. The molecule has 0 aliphatic heterocycles. The fraction of sp³-hybridized carbons (Fsp3) is 0.375. The van der Waals surface area contributed by atoms with Crippen molar-refractivity contribution in [3.8, 4) is 0 Å². The van der Waals surface area contributed by atoms with Gasteiger partial charge in [-0.25, -0.2) is 0 Å². The highest BCUT2D eigenvalue weighted by Crippen LogP contribution is 2.21. The van der Waals surface area contributed by atoms with Gasteiger partial charge in [-0.05, 0) is 37.1 Å². The lowest BCUT2D eigenvalue weighted by molar-refractivity contribution is 0.0546. The molecule has 0 saturated heterocycles. The molecule has 0 N–H and O–H groups in total. The highest BCUT2D eigenvalue weighted by Gasteiger charge is 2.23. The van der Waals surface area contributed by atoms with Gasteiger partial charge in [0.15, 0.2) is 0 Å². The summed E-state index contributed by atoms with van der Waals surface area (Å²) in [6.45, 7) is 1.64. The second-order valence-electron chi connectivity index (χ2n) is 5.10. The van der Waals surface area contributed by atoms with Crippen molar-refractivity contribution in [1.82, 2.24) is 14.5 Å². The highest BCUT2D eigenvalue weighted by atomic mass is 19.3. The second kappa shape index (κ2) is 7.15. The van der Waals surface area contributed by atoms with Gasteiger partial charge in [0.25, 0.3) is 5.91 Å². The molecular weight excluding hydrogens is 288 g/mol. The number of alkyl halides is 2. The number of halogens is 2. The molecule has 118 valence electrons. The molecule has 4 nitrogen and oxygen atoms in total. The van der Waals surface area contributed by atoms with Crippen LogP contribution in [0.4, 0.5) is 8.78 Å². The van der Waals surface area contributed by atoms with E-state index < -0.39 is 6.55 Å². The van der Waals surface area contributed by atoms with Crippen molar-refractivity contribution in [3.63, 3.8) is 0 Å². The van der Waals surface area contributed by atoms with E-state index in [9.17, 15) is 13.6 Å². The van der Waals surface area contributed by atoms with Gasteiger partial charge >= 0.3 is 6.55 Å². The van der Waals surface area contributed by atoms with Crippen LogP contribution in [0.2, 0.25) is 0 Å². The van der Waals surface area contributed by atoms with Crippen LogP contribution < -0.4 is 0 Å². The van der Waals surface area contributed by atoms with E-state index in [4.69, 9.17) is 0 Å². The number of nitrogens with zero attached hydrogens (tertiary/aromatic N) is 3. The van der Waals surface area contributed by atoms with E-state index in [-0.39, 0.29) is 11.6 Å². The fourth-order valence-electron chi connectivity index (χ4n) is 2.38. The van der Waals surface area contributed by atoms with Crippen LogP contribution in [0.5, 0.6) is 0 Å². The number of carbonyl (C=O) groups is 1. The SMILES string of the molecule is CCCN(Cc1cccnc1)C(=O)c1ccc(C)n1C(F)F. The molecule has 0 fully saturated rings. The molecule has 0 bridgehead atoms. The second-order valence-corrected chi connectivity index (χ2v) is 5.10. The van der Waals surface area contributed by atoms with Crippen LogP contribution in [0.15, 0.2) is 36.7 Å². The minimum atomic E-state index is -2.73. The molecule has 2 aromatic heterocycles. The standard InChI is InChI=1S/C16H19F2N3O/c1-3-9-20(11-13-5-4-8-19-10-13)15(22)14-7-6-12(2)21(14)16(17)18/h4-8,10,16H,3,9,11H2,1-2H3. The van der Waals surface area contributed by atoms with E-state index in [1.165, 1.54) is 12.1 Å². The molecular formula is C16H19F2N3O. The van der Waals surface area contributed by atoms with Crippen LogP contribution in [0, 0.1) is 6.92 Å². The summed E-state index contributed by atoms with van der Waals surface area (Å²) in [6.07, 6.45) is 4.08. The molecule has 6 heteroatoms. The normalized spacial score (nSPS) is 11.0. The Labute approximate surface area is 128 Å². The summed E-state index contributed by atoms with van der Waals surface area (Å²) in [5.41, 5.74) is 1.26. The van der Waals surface area contributed by atoms with E-state index in [2.05, 4.69) is 4.98 Å². The summed E-state index contributed by atoms with van der Waals surface area (Å²) in [5, 5.41) is 0. The Morgan fingerprint density at radius 1 is 1.36 bits per heavy atom. The molecule has 2 heterocycles. The van der Waals surface area contributed by atoms with Gasteiger partial charge in [-0.1, -0.05) is 13.0 Å². The fourth-order valence-corrected chi connectivity index (χ4v) is 2.38. The van der Waals surface area contributed by atoms with Crippen molar-refractivity contribution in [3.05, 3.63) is 53.6 Å². The maximum Gasteiger partial charge on any atom is 0.319 e. The first-order chi connectivity index (χ1) is 10.5. The van der Waals surface area contributed by atoms with Gasteiger partial charge in [-0.3, -0.25) is 14.3 Å². The topological polar surface area (TPSA) is 38.1 Å². The molecule has 0 saturated carbocycles. The average molecular weight is 307 g/mol. The first-order valence-electron chi connectivity index (χ1n) is 7.18. The number of pyridine rings is 1. The van der Waals surface area contributed by atoms with E-state index in [0.717, 1.165) is 16.6 Å². The summed E-state index contributed by atoms with van der Waals surface area (Å²) in [4.78, 5) is 18.2.